The Morgan fingerprint density at radius 1 is 1.15 bits per heavy atom. The van der Waals surface area contributed by atoms with Gasteiger partial charge in [0.05, 0.1) is 5.92 Å². The quantitative estimate of drug-likeness (QED) is 0.557. The minimum Gasteiger partial charge on any atom is -0.423 e. The zero-order valence-electron chi connectivity index (χ0n) is 15.1. The van der Waals surface area contributed by atoms with Crippen molar-refractivity contribution >= 4 is 42.6 Å². The molecule has 0 aliphatic heterocycles. The standard InChI is InChI=1S/C20H21BN2O3.H2S/c1-13-8-16(4-5-19(13)21(25)26)18(11-22)20(24)10-14-2-3-17-12-23-7-6-15(17)9-14;/h2-9,12,18,25-26H,10-11,22H2,1H3;1H2/t18-;/m1./s1. The van der Waals surface area contributed by atoms with Crippen LogP contribution in [-0.2, 0) is 11.2 Å². The zero-order valence-corrected chi connectivity index (χ0v) is 16.1. The molecule has 0 aliphatic carbocycles. The zero-order chi connectivity index (χ0) is 18.7. The maximum atomic E-state index is 12.8. The highest BCUT2D eigenvalue weighted by atomic mass is 32.1. The van der Waals surface area contributed by atoms with E-state index in [-0.39, 0.29) is 25.8 Å². The molecule has 0 amide bonds. The van der Waals surface area contributed by atoms with Crippen LogP contribution in [0.1, 0.15) is 22.6 Å². The second kappa shape index (κ2) is 9.15. The maximum Gasteiger partial charge on any atom is 0.488 e. The predicted octanol–water partition coefficient (Wildman–Crippen LogP) is 1.19. The molecule has 3 aromatic rings. The lowest BCUT2D eigenvalue weighted by Gasteiger charge is -2.16. The van der Waals surface area contributed by atoms with Crippen molar-refractivity contribution in [2.24, 2.45) is 5.73 Å². The van der Waals surface area contributed by atoms with Crippen molar-refractivity contribution in [1.29, 1.82) is 0 Å². The number of nitrogens with zero attached hydrogens (tertiary/aromatic N) is 1. The first-order chi connectivity index (χ1) is 12.5. The first-order valence-electron chi connectivity index (χ1n) is 8.51. The van der Waals surface area contributed by atoms with Gasteiger partial charge in [0.25, 0.3) is 0 Å². The van der Waals surface area contributed by atoms with Crippen LogP contribution in [0.3, 0.4) is 0 Å². The van der Waals surface area contributed by atoms with E-state index in [1.807, 2.05) is 24.3 Å². The summed E-state index contributed by atoms with van der Waals surface area (Å²) in [5.74, 6) is -0.385. The molecule has 0 aliphatic rings. The molecule has 3 rings (SSSR count). The third-order valence-electron chi connectivity index (χ3n) is 4.68. The lowest BCUT2D eigenvalue weighted by Crippen LogP contribution is -2.32. The highest BCUT2D eigenvalue weighted by molar-refractivity contribution is 7.59. The summed E-state index contributed by atoms with van der Waals surface area (Å²) in [5.41, 5.74) is 8.76. The van der Waals surface area contributed by atoms with Crippen molar-refractivity contribution in [3.63, 3.8) is 0 Å². The van der Waals surface area contributed by atoms with Gasteiger partial charge in [-0.1, -0.05) is 42.0 Å². The molecule has 140 valence electrons. The van der Waals surface area contributed by atoms with Gasteiger partial charge in [0.2, 0.25) is 0 Å². The van der Waals surface area contributed by atoms with Gasteiger partial charge in [0.15, 0.2) is 0 Å². The Labute approximate surface area is 165 Å². The maximum absolute atomic E-state index is 12.8. The number of benzene rings is 2. The van der Waals surface area contributed by atoms with E-state index in [0.717, 1.165) is 27.5 Å². The Kier molecular flexibility index (Phi) is 7.15. The van der Waals surface area contributed by atoms with Crippen LogP contribution in [0.25, 0.3) is 10.8 Å². The summed E-state index contributed by atoms with van der Waals surface area (Å²) < 4.78 is 0. The normalized spacial score (nSPS) is 11.7. The van der Waals surface area contributed by atoms with Gasteiger partial charge in [0, 0.05) is 30.7 Å². The van der Waals surface area contributed by atoms with Crippen molar-refractivity contribution in [2.45, 2.75) is 19.3 Å². The average Bonchev–Trinajstić information content (AvgIpc) is 2.62. The van der Waals surface area contributed by atoms with Crippen LogP contribution in [0.2, 0.25) is 0 Å². The molecule has 1 atom stereocenters. The van der Waals surface area contributed by atoms with Crippen molar-refractivity contribution in [3.05, 3.63) is 71.5 Å². The summed E-state index contributed by atoms with van der Waals surface area (Å²) in [7, 11) is -1.52. The Bertz CT molecular complexity index is 949. The Hall–Kier alpha value is -2.19. The lowest BCUT2D eigenvalue weighted by atomic mass is 9.76. The van der Waals surface area contributed by atoms with Crippen molar-refractivity contribution in [3.8, 4) is 0 Å². The lowest BCUT2D eigenvalue weighted by molar-refractivity contribution is -0.119. The van der Waals surface area contributed by atoms with E-state index in [4.69, 9.17) is 5.73 Å². The van der Waals surface area contributed by atoms with Crippen LogP contribution >= 0.6 is 13.5 Å². The van der Waals surface area contributed by atoms with Gasteiger partial charge < -0.3 is 15.8 Å². The van der Waals surface area contributed by atoms with E-state index < -0.39 is 13.0 Å². The molecular weight excluding hydrogens is 359 g/mol. The molecule has 1 heterocycles. The van der Waals surface area contributed by atoms with E-state index in [9.17, 15) is 14.8 Å². The Morgan fingerprint density at radius 2 is 1.93 bits per heavy atom. The van der Waals surface area contributed by atoms with Crippen LogP contribution < -0.4 is 11.2 Å². The minimum absolute atomic E-state index is 0. The molecule has 0 spiro atoms. The highest BCUT2D eigenvalue weighted by Gasteiger charge is 2.21. The summed E-state index contributed by atoms with van der Waals surface area (Å²) in [6.45, 7) is 1.99. The van der Waals surface area contributed by atoms with E-state index in [2.05, 4.69) is 4.98 Å². The molecule has 0 fully saturated rings. The fourth-order valence-electron chi connectivity index (χ4n) is 3.23. The molecule has 5 nitrogen and oxygen atoms in total. The SMILES string of the molecule is Cc1cc([C@@H](CN)C(=O)Cc2ccc3cnccc3c2)ccc1B(O)O.S. The molecule has 0 saturated heterocycles. The first-order valence-corrected chi connectivity index (χ1v) is 8.51. The summed E-state index contributed by atoms with van der Waals surface area (Å²) in [4.78, 5) is 16.9. The summed E-state index contributed by atoms with van der Waals surface area (Å²) in [5, 5.41) is 20.8. The van der Waals surface area contributed by atoms with E-state index in [1.165, 1.54) is 0 Å². The van der Waals surface area contributed by atoms with Gasteiger partial charge in [-0.25, -0.2) is 0 Å². The summed E-state index contributed by atoms with van der Waals surface area (Å²) in [6.07, 6.45) is 3.82. The fourth-order valence-corrected chi connectivity index (χ4v) is 3.23. The number of fused-ring (bicyclic) bond motifs is 1. The van der Waals surface area contributed by atoms with Gasteiger partial charge >= 0.3 is 7.12 Å². The molecule has 0 unspecified atom stereocenters. The highest BCUT2D eigenvalue weighted by Crippen LogP contribution is 2.21. The third-order valence-corrected chi connectivity index (χ3v) is 4.68. The topological polar surface area (TPSA) is 96.4 Å². The molecule has 7 heteroatoms. The predicted molar refractivity (Wildman–Crippen MR) is 114 cm³/mol. The average molecular weight is 382 g/mol. The van der Waals surface area contributed by atoms with Crippen molar-refractivity contribution in [2.75, 3.05) is 6.54 Å². The van der Waals surface area contributed by atoms with Crippen LogP contribution in [0.4, 0.5) is 0 Å². The molecule has 4 N–H and O–H groups in total. The number of carbonyl (C=O) groups is 1. The second-order valence-corrected chi connectivity index (χ2v) is 6.48. The molecular formula is C20H23BN2O3S. The van der Waals surface area contributed by atoms with Crippen molar-refractivity contribution in [1.82, 2.24) is 4.98 Å². The largest absolute Gasteiger partial charge is 0.488 e. The third kappa shape index (κ3) is 4.76. The number of hydrogen-bond donors (Lipinski definition) is 3. The number of carbonyl (C=O) groups excluding carboxylic acids is 1. The Morgan fingerprint density at radius 3 is 2.59 bits per heavy atom. The number of Topliss-reactive ketones (excluding diaryl/α,β-unsaturated/α-hetero) is 1. The van der Waals surface area contributed by atoms with E-state index in [1.54, 1.807) is 37.5 Å². The molecule has 0 saturated carbocycles. The number of aromatic nitrogens is 1. The molecule has 27 heavy (non-hydrogen) atoms. The van der Waals surface area contributed by atoms with Crippen LogP contribution in [0.5, 0.6) is 0 Å². The minimum atomic E-state index is -1.52. The number of pyridine rings is 1. The Balaban J connectivity index is 0.00000261. The number of rotatable bonds is 6. The molecule has 1 aromatic heterocycles. The first kappa shape index (κ1) is 21.1. The number of hydrogen-bond acceptors (Lipinski definition) is 5. The fraction of sp³-hybridized carbons (Fsp3) is 0.200. The second-order valence-electron chi connectivity index (χ2n) is 6.48. The summed E-state index contributed by atoms with van der Waals surface area (Å²) >= 11 is 0. The molecule has 0 bridgehead atoms. The van der Waals surface area contributed by atoms with Crippen LogP contribution in [0.15, 0.2) is 54.9 Å². The van der Waals surface area contributed by atoms with Gasteiger partial charge in [-0.2, -0.15) is 13.5 Å². The number of nitrogens with two attached hydrogens (primary N) is 1. The summed E-state index contributed by atoms with van der Waals surface area (Å²) in [6, 6.07) is 13.0. The van der Waals surface area contributed by atoms with Gasteiger partial charge in [-0.15, -0.1) is 0 Å². The molecule has 0 radical (unpaired) electrons. The van der Waals surface area contributed by atoms with E-state index in [0.29, 0.717) is 11.9 Å². The number of aryl methyl sites for hydroxylation is 1. The monoisotopic (exact) mass is 382 g/mol. The van der Waals surface area contributed by atoms with Gasteiger partial charge in [0.1, 0.15) is 5.78 Å². The van der Waals surface area contributed by atoms with Crippen molar-refractivity contribution < 1.29 is 14.8 Å². The molecule has 2 aromatic carbocycles. The van der Waals surface area contributed by atoms with Gasteiger partial charge in [-0.3, -0.25) is 9.78 Å². The van der Waals surface area contributed by atoms with E-state index >= 15 is 0 Å². The van der Waals surface area contributed by atoms with Crippen LogP contribution in [0, 0.1) is 6.92 Å². The van der Waals surface area contributed by atoms with Gasteiger partial charge in [-0.05, 0) is 35.0 Å². The van der Waals surface area contributed by atoms with Crippen LogP contribution in [-0.4, -0.2) is 34.5 Å². The smallest absolute Gasteiger partial charge is 0.423 e. The number of ketones is 1.